The summed E-state index contributed by atoms with van der Waals surface area (Å²) in [7, 11) is 1.56. The Labute approximate surface area is 151 Å². The average molecular weight is 355 g/mol. The Morgan fingerprint density at radius 3 is 2.31 bits per heavy atom. The molecule has 2 aromatic rings. The lowest BCUT2D eigenvalue weighted by atomic mass is 10.1. The average Bonchev–Trinajstić information content (AvgIpc) is 2.67. The molecule has 0 radical (unpaired) electrons. The molecule has 7 heteroatoms. The molecule has 0 bridgehead atoms. The highest BCUT2D eigenvalue weighted by Crippen LogP contribution is 2.16. The van der Waals surface area contributed by atoms with Gasteiger partial charge in [0.25, 0.3) is 11.8 Å². The number of carbonyl (C=O) groups is 2. The first-order chi connectivity index (χ1) is 12.5. The van der Waals surface area contributed by atoms with E-state index < -0.39 is 0 Å². The largest absolute Gasteiger partial charge is 0.497 e. The molecule has 136 valence electrons. The first kappa shape index (κ1) is 17.7. The van der Waals surface area contributed by atoms with Crippen LogP contribution in [0.1, 0.15) is 26.4 Å². The van der Waals surface area contributed by atoms with Gasteiger partial charge in [0.2, 0.25) is 0 Å². The molecule has 1 aromatic carbocycles. The Bertz CT molecular complexity index is 882. The second-order valence-corrected chi connectivity index (χ2v) is 6.21. The molecule has 0 saturated carbocycles. The molecule has 2 heterocycles. The number of hydrogen-bond donors (Lipinski definition) is 1. The standard InChI is InChI=1S/C19H21N3O4/c1-13-10-17(23)16(12-20-13)19(25)22-8-6-21(7-9-22)18(24)14-4-3-5-15(11-14)26-2/h3-5,10-12H,6-9H2,1-2H3,(H,20,23). The fourth-order valence-corrected chi connectivity index (χ4v) is 2.96. The van der Waals surface area contributed by atoms with Crippen molar-refractivity contribution in [3.05, 3.63) is 63.6 Å². The summed E-state index contributed by atoms with van der Waals surface area (Å²) in [6, 6.07) is 8.41. The number of nitrogens with one attached hydrogen (secondary N) is 1. The summed E-state index contributed by atoms with van der Waals surface area (Å²) in [5.74, 6) is 0.229. The van der Waals surface area contributed by atoms with Crippen LogP contribution in [0.4, 0.5) is 0 Å². The topological polar surface area (TPSA) is 82.7 Å². The number of carbonyl (C=O) groups excluding carboxylic acids is 2. The molecule has 26 heavy (non-hydrogen) atoms. The van der Waals surface area contributed by atoms with Crippen LogP contribution in [0.2, 0.25) is 0 Å². The minimum atomic E-state index is -0.306. The number of aromatic nitrogens is 1. The van der Waals surface area contributed by atoms with Crippen molar-refractivity contribution in [1.82, 2.24) is 14.8 Å². The SMILES string of the molecule is COc1cccc(C(=O)N2CCN(C(=O)c3c[nH]c(C)cc3=O)CC2)c1. The first-order valence-corrected chi connectivity index (χ1v) is 8.41. The van der Waals surface area contributed by atoms with Gasteiger partial charge in [-0.1, -0.05) is 6.07 Å². The second kappa shape index (κ2) is 7.43. The molecular formula is C19H21N3O4. The number of methoxy groups -OCH3 is 1. The van der Waals surface area contributed by atoms with E-state index in [4.69, 9.17) is 4.74 Å². The van der Waals surface area contributed by atoms with Crippen LogP contribution in [0.3, 0.4) is 0 Å². The molecule has 3 rings (SSSR count). The van der Waals surface area contributed by atoms with Crippen LogP contribution in [0.25, 0.3) is 0 Å². The number of rotatable bonds is 3. The summed E-state index contributed by atoms with van der Waals surface area (Å²) < 4.78 is 5.15. The molecule has 1 fully saturated rings. The molecule has 0 aliphatic carbocycles. The van der Waals surface area contributed by atoms with E-state index in [9.17, 15) is 14.4 Å². The Morgan fingerprint density at radius 2 is 1.69 bits per heavy atom. The lowest BCUT2D eigenvalue weighted by molar-refractivity contribution is 0.0534. The van der Waals surface area contributed by atoms with Gasteiger partial charge in [-0.2, -0.15) is 0 Å². The molecule has 1 aliphatic heterocycles. The monoisotopic (exact) mass is 355 g/mol. The zero-order valence-electron chi connectivity index (χ0n) is 14.8. The third-order valence-corrected chi connectivity index (χ3v) is 4.46. The van der Waals surface area contributed by atoms with Crippen LogP contribution in [-0.2, 0) is 0 Å². The summed E-state index contributed by atoms with van der Waals surface area (Å²) in [5, 5.41) is 0. The number of aryl methyl sites for hydroxylation is 1. The molecule has 1 aromatic heterocycles. The number of pyridine rings is 1. The summed E-state index contributed by atoms with van der Waals surface area (Å²) >= 11 is 0. The normalized spacial score (nSPS) is 14.2. The maximum absolute atomic E-state index is 12.6. The van der Waals surface area contributed by atoms with Crippen molar-refractivity contribution in [2.75, 3.05) is 33.3 Å². The lowest BCUT2D eigenvalue weighted by Crippen LogP contribution is -2.51. The van der Waals surface area contributed by atoms with Crippen LogP contribution in [0, 0.1) is 6.92 Å². The van der Waals surface area contributed by atoms with Gasteiger partial charge in [0.1, 0.15) is 11.3 Å². The molecule has 0 spiro atoms. The number of amides is 2. The summed E-state index contributed by atoms with van der Waals surface area (Å²) in [6.07, 6.45) is 1.45. The molecular weight excluding hydrogens is 334 g/mol. The third kappa shape index (κ3) is 3.61. The fourth-order valence-electron chi connectivity index (χ4n) is 2.96. The Morgan fingerprint density at radius 1 is 1.04 bits per heavy atom. The van der Waals surface area contributed by atoms with E-state index in [-0.39, 0.29) is 22.8 Å². The van der Waals surface area contributed by atoms with Gasteiger partial charge in [-0.3, -0.25) is 14.4 Å². The third-order valence-electron chi connectivity index (χ3n) is 4.46. The van der Waals surface area contributed by atoms with E-state index in [2.05, 4.69) is 4.98 Å². The van der Waals surface area contributed by atoms with Gasteiger partial charge in [-0.05, 0) is 25.1 Å². The number of ether oxygens (including phenoxy) is 1. The van der Waals surface area contributed by atoms with Crippen LogP contribution in [-0.4, -0.2) is 59.9 Å². The number of piperazine rings is 1. The van der Waals surface area contributed by atoms with Crippen LogP contribution in [0.5, 0.6) is 5.75 Å². The van der Waals surface area contributed by atoms with Crippen molar-refractivity contribution in [2.45, 2.75) is 6.92 Å². The van der Waals surface area contributed by atoms with Crippen molar-refractivity contribution in [1.29, 1.82) is 0 Å². The Kier molecular flexibility index (Phi) is 5.06. The van der Waals surface area contributed by atoms with Crippen LogP contribution in [0.15, 0.2) is 41.3 Å². The quantitative estimate of drug-likeness (QED) is 0.899. The highest BCUT2D eigenvalue weighted by molar-refractivity contribution is 5.96. The predicted octanol–water partition coefficient (Wildman–Crippen LogP) is 1.29. The number of hydrogen-bond acceptors (Lipinski definition) is 4. The summed E-state index contributed by atoms with van der Waals surface area (Å²) in [6.45, 7) is 3.39. The summed E-state index contributed by atoms with van der Waals surface area (Å²) in [5.41, 5.74) is 1.10. The van der Waals surface area contributed by atoms with Gasteiger partial charge >= 0.3 is 0 Å². The highest BCUT2D eigenvalue weighted by Gasteiger charge is 2.26. The maximum atomic E-state index is 12.6. The van der Waals surface area contributed by atoms with Gasteiger partial charge in [0.05, 0.1) is 7.11 Å². The van der Waals surface area contributed by atoms with Gasteiger partial charge in [0, 0.05) is 49.7 Å². The van der Waals surface area contributed by atoms with Gasteiger partial charge in [-0.25, -0.2) is 0 Å². The number of aromatic amines is 1. The maximum Gasteiger partial charge on any atom is 0.259 e. The molecule has 1 N–H and O–H groups in total. The fraction of sp³-hybridized carbons (Fsp3) is 0.316. The van der Waals surface area contributed by atoms with Crippen molar-refractivity contribution in [3.63, 3.8) is 0 Å². The highest BCUT2D eigenvalue weighted by atomic mass is 16.5. The van der Waals surface area contributed by atoms with E-state index in [1.54, 1.807) is 48.1 Å². The molecule has 0 atom stereocenters. The zero-order valence-corrected chi connectivity index (χ0v) is 14.8. The van der Waals surface area contributed by atoms with Gasteiger partial charge in [-0.15, -0.1) is 0 Å². The van der Waals surface area contributed by atoms with Crippen LogP contribution >= 0.6 is 0 Å². The van der Waals surface area contributed by atoms with Gasteiger partial charge < -0.3 is 19.5 Å². The van der Waals surface area contributed by atoms with E-state index >= 15 is 0 Å². The summed E-state index contributed by atoms with van der Waals surface area (Å²) in [4.78, 5) is 43.4. The van der Waals surface area contributed by atoms with Crippen molar-refractivity contribution in [3.8, 4) is 5.75 Å². The molecule has 2 amide bonds. The smallest absolute Gasteiger partial charge is 0.259 e. The second-order valence-electron chi connectivity index (χ2n) is 6.21. The number of H-pyrrole nitrogens is 1. The Balaban J connectivity index is 1.66. The Hall–Kier alpha value is -3.09. The van der Waals surface area contributed by atoms with Gasteiger partial charge in [0.15, 0.2) is 5.43 Å². The predicted molar refractivity (Wildman–Crippen MR) is 96.6 cm³/mol. The lowest BCUT2D eigenvalue weighted by Gasteiger charge is -2.34. The van der Waals surface area contributed by atoms with E-state index in [0.29, 0.717) is 43.2 Å². The van der Waals surface area contributed by atoms with Crippen molar-refractivity contribution < 1.29 is 14.3 Å². The van der Waals surface area contributed by atoms with Crippen LogP contribution < -0.4 is 10.2 Å². The first-order valence-electron chi connectivity index (χ1n) is 8.41. The number of benzene rings is 1. The molecule has 1 saturated heterocycles. The molecule has 7 nitrogen and oxygen atoms in total. The van der Waals surface area contributed by atoms with E-state index in [0.717, 1.165) is 0 Å². The molecule has 1 aliphatic rings. The van der Waals surface area contributed by atoms with E-state index in [1.807, 2.05) is 0 Å². The number of nitrogens with zero attached hydrogens (tertiary/aromatic N) is 2. The minimum absolute atomic E-state index is 0.0933. The zero-order chi connectivity index (χ0) is 18.7. The van der Waals surface area contributed by atoms with Crippen molar-refractivity contribution >= 4 is 11.8 Å². The van der Waals surface area contributed by atoms with E-state index in [1.165, 1.54) is 12.3 Å². The molecule has 0 unspecified atom stereocenters. The van der Waals surface area contributed by atoms with Crippen molar-refractivity contribution in [2.24, 2.45) is 0 Å². The minimum Gasteiger partial charge on any atom is -0.497 e.